The van der Waals surface area contributed by atoms with E-state index in [4.69, 9.17) is 15.2 Å². The van der Waals surface area contributed by atoms with Gasteiger partial charge in [-0.05, 0) is 25.9 Å². The number of methoxy groups -OCH3 is 1. The van der Waals surface area contributed by atoms with Crippen LogP contribution < -0.4 is 5.73 Å². The maximum absolute atomic E-state index is 10.5. The standard InChI is InChI=1S/C15H25BrN3O3P/c1-9-18-14(17)11(21-2)8-19(9)15-12(16)13(20)10(22-15)6-7-23(3,4)5/h8,10,12-13,15,20H,1,3,6-7H2,2,4-5H3,(H2,17,18)/t10-,12?,13-,15-/m1/s1. The minimum absolute atomic E-state index is 0.249. The third-order valence-electron chi connectivity index (χ3n) is 3.86. The van der Waals surface area contributed by atoms with Crippen molar-refractivity contribution < 1.29 is 14.6 Å². The van der Waals surface area contributed by atoms with Crippen LogP contribution in [-0.2, 0) is 9.47 Å². The number of aliphatic imine (C=N–C) groups is 1. The van der Waals surface area contributed by atoms with Crippen LogP contribution in [0.4, 0.5) is 0 Å². The molecule has 3 N–H and O–H groups in total. The molecule has 2 rings (SSSR count). The number of aliphatic hydroxyl groups is 1. The zero-order chi connectivity index (χ0) is 17.4. The van der Waals surface area contributed by atoms with E-state index in [0.717, 1.165) is 12.6 Å². The molecule has 130 valence electrons. The number of alkyl halides is 1. The summed E-state index contributed by atoms with van der Waals surface area (Å²) in [6, 6.07) is 0. The van der Waals surface area contributed by atoms with Crippen molar-refractivity contribution in [1.82, 2.24) is 4.90 Å². The van der Waals surface area contributed by atoms with Gasteiger partial charge in [-0.2, -0.15) is 0 Å². The number of ether oxygens (including phenoxy) is 2. The van der Waals surface area contributed by atoms with Gasteiger partial charge in [-0.1, -0.05) is 22.5 Å². The highest BCUT2D eigenvalue weighted by Crippen LogP contribution is 2.40. The zero-order valence-corrected chi connectivity index (χ0v) is 16.3. The minimum atomic E-state index is -1.16. The lowest BCUT2D eigenvalue weighted by molar-refractivity contribution is -0.0355. The van der Waals surface area contributed by atoms with Gasteiger partial charge in [-0.15, -0.1) is 13.2 Å². The van der Waals surface area contributed by atoms with E-state index in [9.17, 15) is 5.11 Å². The molecule has 6 nitrogen and oxygen atoms in total. The summed E-state index contributed by atoms with van der Waals surface area (Å²) in [6.45, 7) is 7.09. The number of aliphatic hydroxyl groups excluding tert-OH is 1. The molecule has 0 spiro atoms. The Hall–Kier alpha value is -0.750. The molecular weight excluding hydrogens is 381 g/mol. The molecule has 0 aromatic carbocycles. The predicted molar refractivity (Wildman–Crippen MR) is 100 cm³/mol. The van der Waals surface area contributed by atoms with Crippen molar-refractivity contribution in [2.45, 2.75) is 29.7 Å². The Labute approximate surface area is 146 Å². The van der Waals surface area contributed by atoms with Crippen LogP contribution in [0.1, 0.15) is 6.42 Å². The van der Waals surface area contributed by atoms with Crippen molar-refractivity contribution in [1.29, 1.82) is 0 Å². The first-order chi connectivity index (χ1) is 10.6. The molecule has 1 unspecified atom stereocenters. The van der Waals surface area contributed by atoms with E-state index in [1.165, 1.54) is 7.11 Å². The van der Waals surface area contributed by atoms with Crippen LogP contribution in [0.15, 0.2) is 29.4 Å². The summed E-state index contributed by atoms with van der Waals surface area (Å²) in [5.41, 5.74) is 5.79. The van der Waals surface area contributed by atoms with Crippen molar-refractivity contribution in [3.63, 3.8) is 0 Å². The average molecular weight is 406 g/mol. The fraction of sp³-hybridized carbons (Fsp3) is 0.600. The number of hydrogen-bond donors (Lipinski definition) is 2. The summed E-state index contributed by atoms with van der Waals surface area (Å²) in [7, 11) is 1.53. The van der Waals surface area contributed by atoms with Gasteiger partial charge >= 0.3 is 0 Å². The lowest BCUT2D eigenvalue weighted by Gasteiger charge is -2.31. The quantitative estimate of drug-likeness (QED) is 0.535. The Morgan fingerprint density at radius 1 is 1.57 bits per heavy atom. The Morgan fingerprint density at radius 3 is 2.78 bits per heavy atom. The van der Waals surface area contributed by atoms with Gasteiger partial charge < -0.3 is 25.2 Å². The highest BCUT2D eigenvalue weighted by atomic mass is 79.9. The van der Waals surface area contributed by atoms with E-state index in [-0.39, 0.29) is 16.8 Å². The Kier molecular flexibility index (Phi) is 5.67. The van der Waals surface area contributed by atoms with Crippen LogP contribution in [0.2, 0.25) is 0 Å². The van der Waals surface area contributed by atoms with Crippen LogP contribution in [0.5, 0.6) is 0 Å². The molecule has 0 bridgehead atoms. The lowest BCUT2D eigenvalue weighted by Crippen LogP contribution is -2.40. The van der Waals surface area contributed by atoms with E-state index < -0.39 is 19.2 Å². The second-order valence-corrected chi connectivity index (χ2v) is 11.8. The molecule has 0 aromatic heterocycles. The fourth-order valence-electron chi connectivity index (χ4n) is 2.54. The van der Waals surface area contributed by atoms with Gasteiger partial charge in [-0.3, -0.25) is 0 Å². The van der Waals surface area contributed by atoms with Gasteiger partial charge in [0.25, 0.3) is 0 Å². The number of hydrogen-bond acceptors (Lipinski definition) is 6. The molecular formula is C15H25BrN3O3P. The molecule has 0 amide bonds. The molecule has 0 aromatic rings. The van der Waals surface area contributed by atoms with E-state index >= 15 is 0 Å². The molecule has 8 heteroatoms. The second kappa shape index (κ2) is 7.01. The summed E-state index contributed by atoms with van der Waals surface area (Å²) in [4.78, 5) is 5.65. The van der Waals surface area contributed by atoms with Crippen molar-refractivity contribution in [2.24, 2.45) is 10.7 Å². The maximum atomic E-state index is 10.5. The SMILES string of the molecule is C=C1N=C(N)C(OC)=CN1[C@@H]1O[C@H](CCP(=C)(C)C)[C@@H](O)C1Br. The predicted octanol–water partition coefficient (Wildman–Crippen LogP) is 1.57. The summed E-state index contributed by atoms with van der Waals surface area (Å²) in [6.07, 6.45) is 6.37. The summed E-state index contributed by atoms with van der Waals surface area (Å²) >= 11 is 3.54. The van der Waals surface area contributed by atoms with Gasteiger partial charge in [0.05, 0.1) is 30.3 Å². The highest BCUT2D eigenvalue weighted by Gasteiger charge is 2.45. The van der Waals surface area contributed by atoms with Gasteiger partial charge in [0.2, 0.25) is 0 Å². The normalized spacial score (nSPS) is 31.9. The van der Waals surface area contributed by atoms with E-state index in [2.05, 4.69) is 47.1 Å². The third kappa shape index (κ3) is 4.21. The fourth-order valence-corrected chi connectivity index (χ4v) is 4.21. The van der Waals surface area contributed by atoms with Gasteiger partial charge in [0, 0.05) is 0 Å². The molecule has 1 saturated heterocycles. The van der Waals surface area contributed by atoms with E-state index in [1.54, 1.807) is 11.1 Å². The Morgan fingerprint density at radius 2 is 2.22 bits per heavy atom. The summed E-state index contributed by atoms with van der Waals surface area (Å²) in [5.74, 6) is 1.18. The van der Waals surface area contributed by atoms with Crippen molar-refractivity contribution >= 4 is 35.0 Å². The average Bonchev–Trinajstić information content (AvgIpc) is 2.73. The highest BCUT2D eigenvalue weighted by molar-refractivity contribution is 9.09. The maximum Gasteiger partial charge on any atom is 0.177 e. The van der Waals surface area contributed by atoms with Crippen LogP contribution in [0, 0.1) is 0 Å². The number of halogens is 1. The number of nitrogens with two attached hydrogens (primary N) is 1. The first kappa shape index (κ1) is 18.6. The second-order valence-electron chi connectivity index (χ2n) is 6.47. The molecule has 0 aliphatic carbocycles. The first-order valence-electron chi connectivity index (χ1n) is 7.36. The van der Waals surface area contributed by atoms with Crippen molar-refractivity contribution in [2.75, 3.05) is 26.6 Å². The van der Waals surface area contributed by atoms with Crippen LogP contribution in [0.25, 0.3) is 0 Å². The molecule has 0 radical (unpaired) electrons. The Bertz CT molecular complexity index is 587. The van der Waals surface area contributed by atoms with Crippen LogP contribution in [0.3, 0.4) is 0 Å². The molecule has 1 fully saturated rings. The van der Waals surface area contributed by atoms with Crippen molar-refractivity contribution in [3.05, 3.63) is 24.4 Å². The first-order valence-corrected chi connectivity index (χ1v) is 11.3. The lowest BCUT2D eigenvalue weighted by atomic mass is 10.1. The molecule has 0 saturated carbocycles. The Balaban J connectivity index is 2.13. The number of amidine groups is 1. The summed E-state index contributed by atoms with van der Waals surface area (Å²) < 4.78 is 11.3. The third-order valence-corrected chi connectivity index (χ3v) is 6.33. The molecule has 23 heavy (non-hydrogen) atoms. The largest absolute Gasteiger partial charge is 0.491 e. The smallest absolute Gasteiger partial charge is 0.177 e. The molecule has 2 heterocycles. The van der Waals surface area contributed by atoms with Gasteiger partial charge in [0.15, 0.2) is 17.8 Å². The van der Waals surface area contributed by atoms with Crippen LogP contribution >= 0.6 is 22.8 Å². The molecule has 2 aliphatic heterocycles. The number of nitrogens with zero attached hydrogens (tertiary/aromatic N) is 2. The molecule has 2 aliphatic rings. The topological polar surface area (TPSA) is 80.3 Å². The monoisotopic (exact) mass is 405 g/mol. The van der Waals surface area contributed by atoms with E-state index in [1.807, 2.05) is 0 Å². The summed E-state index contributed by atoms with van der Waals surface area (Å²) in [5, 5.41) is 10.5. The van der Waals surface area contributed by atoms with Crippen LogP contribution in [-0.4, -0.2) is 72.0 Å². The minimum Gasteiger partial charge on any atom is -0.491 e. The zero-order valence-electron chi connectivity index (χ0n) is 13.8. The molecule has 4 atom stereocenters. The number of rotatable bonds is 5. The van der Waals surface area contributed by atoms with Gasteiger partial charge in [-0.25, -0.2) is 4.99 Å². The van der Waals surface area contributed by atoms with E-state index in [0.29, 0.717) is 11.6 Å². The van der Waals surface area contributed by atoms with Crippen molar-refractivity contribution in [3.8, 4) is 0 Å². The van der Waals surface area contributed by atoms with Gasteiger partial charge in [0.1, 0.15) is 5.82 Å².